The number of aromatic nitrogens is 1. The van der Waals surface area contributed by atoms with Crippen LogP contribution in [0.2, 0.25) is 5.02 Å². The molecular weight excluding hydrogens is 441 g/mol. The lowest BCUT2D eigenvalue weighted by molar-refractivity contribution is 0.102. The highest BCUT2D eigenvalue weighted by atomic mass is 35.5. The van der Waals surface area contributed by atoms with Crippen LogP contribution in [0.3, 0.4) is 0 Å². The van der Waals surface area contributed by atoms with Gasteiger partial charge in [-0.3, -0.25) is 9.78 Å². The van der Waals surface area contributed by atoms with Crippen LogP contribution in [0.5, 0.6) is 0 Å². The maximum atomic E-state index is 14.6. The lowest BCUT2D eigenvalue weighted by atomic mass is 10.1. The summed E-state index contributed by atoms with van der Waals surface area (Å²) in [7, 11) is -3.52. The fourth-order valence-corrected chi connectivity index (χ4v) is 5.16. The Morgan fingerprint density at radius 3 is 2.42 bits per heavy atom. The minimum Gasteiger partial charge on any atom is -0.322 e. The summed E-state index contributed by atoms with van der Waals surface area (Å²) in [6, 6.07) is 13.2. The number of benzene rings is 2. The molecule has 1 aromatic heterocycles. The third-order valence-corrected chi connectivity index (χ3v) is 7.28. The summed E-state index contributed by atoms with van der Waals surface area (Å²) in [5.74, 6) is -1.15. The van der Waals surface area contributed by atoms with Crippen LogP contribution in [-0.2, 0) is 10.0 Å². The maximum Gasteiger partial charge on any atom is 0.255 e. The minimum absolute atomic E-state index is 0.113. The molecular formula is C22H19ClFN3O3S. The number of carbonyl (C=O) groups excluding carboxylic acids is 1. The number of rotatable bonds is 5. The molecule has 0 saturated carbocycles. The van der Waals surface area contributed by atoms with Crippen LogP contribution >= 0.6 is 11.6 Å². The van der Waals surface area contributed by atoms with Crippen molar-refractivity contribution in [1.29, 1.82) is 0 Å². The number of halogens is 2. The Hall–Kier alpha value is -2.81. The van der Waals surface area contributed by atoms with Crippen LogP contribution < -0.4 is 5.32 Å². The van der Waals surface area contributed by atoms with Gasteiger partial charge in [0.25, 0.3) is 5.91 Å². The molecule has 2 heterocycles. The van der Waals surface area contributed by atoms with Gasteiger partial charge in [-0.1, -0.05) is 11.6 Å². The van der Waals surface area contributed by atoms with Crippen LogP contribution in [0.1, 0.15) is 23.2 Å². The monoisotopic (exact) mass is 459 g/mol. The van der Waals surface area contributed by atoms with Crippen LogP contribution in [-0.4, -0.2) is 36.7 Å². The number of nitrogens with one attached hydrogen (secondary N) is 1. The van der Waals surface area contributed by atoms with Crippen molar-refractivity contribution >= 4 is 33.2 Å². The van der Waals surface area contributed by atoms with Crippen molar-refractivity contribution in [2.45, 2.75) is 17.7 Å². The van der Waals surface area contributed by atoms with Crippen LogP contribution in [0, 0.1) is 5.82 Å². The number of sulfonamides is 1. The van der Waals surface area contributed by atoms with Gasteiger partial charge in [0, 0.05) is 36.1 Å². The first-order valence-electron chi connectivity index (χ1n) is 9.68. The van der Waals surface area contributed by atoms with Crippen molar-refractivity contribution in [3.63, 3.8) is 0 Å². The molecule has 0 bridgehead atoms. The maximum absolute atomic E-state index is 14.6. The first-order valence-corrected chi connectivity index (χ1v) is 11.5. The quantitative estimate of drug-likeness (QED) is 0.605. The highest BCUT2D eigenvalue weighted by molar-refractivity contribution is 7.89. The molecule has 3 aromatic rings. The molecule has 1 N–H and O–H groups in total. The standard InChI is InChI=1S/C22H19ClFN3O3S/c23-19-4-3-11-25-21(19)18-10-5-15(14-20(18)24)22(28)26-16-6-8-17(9-7-16)31(29,30)27-12-1-2-13-27/h3-11,14H,1-2,12-13H2,(H,26,28). The normalized spacial score (nSPS) is 14.5. The molecule has 0 spiro atoms. The molecule has 6 nitrogen and oxygen atoms in total. The molecule has 160 valence electrons. The SMILES string of the molecule is O=C(Nc1ccc(S(=O)(=O)N2CCCC2)cc1)c1ccc(-c2ncccc2Cl)c(F)c1. The summed E-state index contributed by atoms with van der Waals surface area (Å²) in [6.45, 7) is 1.04. The highest BCUT2D eigenvalue weighted by Crippen LogP contribution is 2.28. The topological polar surface area (TPSA) is 79.4 Å². The van der Waals surface area contributed by atoms with E-state index in [1.165, 1.54) is 46.9 Å². The molecule has 1 aliphatic heterocycles. The van der Waals surface area contributed by atoms with Crippen LogP contribution in [0.4, 0.5) is 10.1 Å². The van der Waals surface area contributed by atoms with E-state index >= 15 is 0 Å². The van der Waals surface area contributed by atoms with Crippen molar-refractivity contribution in [2.75, 3.05) is 18.4 Å². The summed E-state index contributed by atoms with van der Waals surface area (Å²) in [4.78, 5) is 16.8. The molecule has 9 heteroatoms. The van der Waals surface area contributed by atoms with E-state index in [0.29, 0.717) is 29.5 Å². The Bertz CT molecular complexity index is 1230. The summed E-state index contributed by atoms with van der Waals surface area (Å²) in [5, 5.41) is 2.96. The summed E-state index contributed by atoms with van der Waals surface area (Å²) >= 11 is 6.07. The van der Waals surface area contributed by atoms with E-state index in [1.54, 1.807) is 12.1 Å². The second-order valence-corrected chi connectivity index (χ2v) is 9.46. The Morgan fingerprint density at radius 2 is 1.77 bits per heavy atom. The van der Waals surface area contributed by atoms with E-state index in [-0.39, 0.29) is 16.0 Å². The van der Waals surface area contributed by atoms with Crippen molar-refractivity contribution in [2.24, 2.45) is 0 Å². The predicted molar refractivity (Wildman–Crippen MR) is 117 cm³/mol. The second-order valence-electron chi connectivity index (χ2n) is 7.12. The van der Waals surface area contributed by atoms with Crippen molar-refractivity contribution in [3.8, 4) is 11.3 Å². The van der Waals surface area contributed by atoms with Gasteiger partial charge in [-0.25, -0.2) is 12.8 Å². The third-order valence-electron chi connectivity index (χ3n) is 5.06. The fourth-order valence-electron chi connectivity index (χ4n) is 3.42. The van der Waals surface area contributed by atoms with E-state index in [9.17, 15) is 17.6 Å². The molecule has 2 aromatic carbocycles. The van der Waals surface area contributed by atoms with E-state index in [4.69, 9.17) is 11.6 Å². The number of nitrogens with zero attached hydrogens (tertiary/aromatic N) is 2. The van der Waals surface area contributed by atoms with Crippen molar-refractivity contribution < 1.29 is 17.6 Å². The molecule has 0 aliphatic carbocycles. The fraction of sp³-hybridized carbons (Fsp3) is 0.182. The number of hydrogen-bond acceptors (Lipinski definition) is 4. The van der Waals surface area contributed by atoms with Gasteiger partial charge in [0.1, 0.15) is 5.82 Å². The summed E-state index contributed by atoms with van der Waals surface area (Å²) in [5.41, 5.74) is 1.01. The van der Waals surface area contributed by atoms with Gasteiger partial charge in [-0.05, 0) is 67.4 Å². The average Bonchev–Trinajstić information content (AvgIpc) is 3.31. The zero-order valence-corrected chi connectivity index (χ0v) is 18.0. The van der Waals surface area contributed by atoms with Gasteiger partial charge >= 0.3 is 0 Å². The van der Waals surface area contributed by atoms with E-state index in [0.717, 1.165) is 18.9 Å². The molecule has 1 fully saturated rings. The largest absolute Gasteiger partial charge is 0.322 e. The van der Waals surface area contributed by atoms with Gasteiger partial charge in [-0.15, -0.1) is 0 Å². The molecule has 1 amide bonds. The summed E-state index contributed by atoms with van der Waals surface area (Å²) < 4.78 is 41.2. The van der Waals surface area contributed by atoms with E-state index in [2.05, 4.69) is 10.3 Å². The lowest BCUT2D eigenvalue weighted by Crippen LogP contribution is -2.27. The van der Waals surface area contributed by atoms with Gasteiger partial charge in [-0.2, -0.15) is 4.31 Å². The number of pyridine rings is 1. The summed E-state index contributed by atoms with van der Waals surface area (Å²) in [6.07, 6.45) is 3.22. The zero-order chi connectivity index (χ0) is 22.0. The Morgan fingerprint density at radius 1 is 1.06 bits per heavy atom. The average molecular weight is 460 g/mol. The lowest BCUT2D eigenvalue weighted by Gasteiger charge is -2.15. The first-order chi connectivity index (χ1) is 14.9. The van der Waals surface area contributed by atoms with Gasteiger partial charge < -0.3 is 5.32 Å². The van der Waals surface area contributed by atoms with E-state index in [1.807, 2.05) is 0 Å². The first kappa shape index (κ1) is 21.4. The van der Waals surface area contributed by atoms with Crippen LogP contribution in [0.25, 0.3) is 11.3 Å². The molecule has 0 unspecified atom stereocenters. The van der Waals surface area contributed by atoms with E-state index < -0.39 is 21.7 Å². The Labute approximate surface area is 184 Å². The zero-order valence-electron chi connectivity index (χ0n) is 16.4. The Balaban J connectivity index is 1.49. The van der Waals surface area contributed by atoms with Crippen molar-refractivity contribution in [1.82, 2.24) is 9.29 Å². The number of carbonyl (C=O) groups is 1. The van der Waals surface area contributed by atoms with Crippen LogP contribution in [0.15, 0.2) is 65.7 Å². The smallest absolute Gasteiger partial charge is 0.255 e. The second kappa shape index (κ2) is 8.74. The number of anilines is 1. The van der Waals surface area contributed by atoms with Gasteiger partial charge in [0.2, 0.25) is 10.0 Å². The molecule has 31 heavy (non-hydrogen) atoms. The molecule has 0 atom stereocenters. The van der Waals surface area contributed by atoms with Gasteiger partial charge in [0.05, 0.1) is 15.6 Å². The molecule has 0 radical (unpaired) electrons. The predicted octanol–water partition coefficient (Wildman–Crippen LogP) is 4.58. The van der Waals surface area contributed by atoms with Gasteiger partial charge in [0.15, 0.2) is 0 Å². The Kier molecular flexibility index (Phi) is 6.04. The molecule has 1 saturated heterocycles. The van der Waals surface area contributed by atoms with Crippen molar-refractivity contribution in [3.05, 3.63) is 77.2 Å². The molecule has 4 rings (SSSR count). The number of hydrogen-bond donors (Lipinski definition) is 1. The molecule has 1 aliphatic rings. The third kappa shape index (κ3) is 4.46. The number of amides is 1. The minimum atomic E-state index is -3.52. The highest BCUT2D eigenvalue weighted by Gasteiger charge is 2.27.